The highest BCUT2D eigenvalue weighted by Gasteiger charge is 2.35. The minimum atomic E-state index is -0.444. The molecule has 2 heterocycles. The van der Waals surface area contributed by atoms with Crippen molar-refractivity contribution < 1.29 is 18.7 Å². The topological polar surface area (TPSA) is 71.8 Å². The third kappa shape index (κ3) is 3.42. The van der Waals surface area contributed by atoms with E-state index >= 15 is 0 Å². The van der Waals surface area contributed by atoms with Gasteiger partial charge in [-0.15, -0.1) is 0 Å². The maximum atomic E-state index is 12.5. The molecule has 1 fully saturated rings. The SMILES string of the molecule is COc1ccc(CNC(=O)C2CCCN2C(=O)c2ccco2)cc1. The highest BCUT2D eigenvalue weighted by atomic mass is 16.5. The summed E-state index contributed by atoms with van der Waals surface area (Å²) in [5.41, 5.74) is 0.978. The van der Waals surface area contributed by atoms with E-state index in [4.69, 9.17) is 9.15 Å². The van der Waals surface area contributed by atoms with Gasteiger partial charge in [0, 0.05) is 13.1 Å². The Morgan fingerprint density at radius 1 is 1.29 bits per heavy atom. The van der Waals surface area contributed by atoms with E-state index in [-0.39, 0.29) is 17.6 Å². The summed E-state index contributed by atoms with van der Waals surface area (Å²) in [7, 11) is 1.61. The van der Waals surface area contributed by atoms with Crippen LogP contribution < -0.4 is 10.1 Å². The number of hydrogen-bond donors (Lipinski definition) is 1. The zero-order chi connectivity index (χ0) is 16.9. The number of methoxy groups -OCH3 is 1. The van der Waals surface area contributed by atoms with Gasteiger partial charge in [0.05, 0.1) is 13.4 Å². The van der Waals surface area contributed by atoms with E-state index < -0.39 is 6.04 Å². The van der Waals surface area contributed by atoms with Gasteiger partial charge in [-0.3, -0.25) is 9.59 Å². The van der Waals surface area contributed by atoms with Gasteiger partial charge in [-0.1, -0.05) is 12.1 Å². The molecule has 3 rings (SSSR count). The van der Waals surface area contributed by atoms with Gasteiger partial charge in [-0.25, -0.2) is 0 Å². The number of nitrogens with zero attached hydrogens (tertiary/aromatic N) is 1. The second-order valence-electron chi connectivity index (χ2n) is 5.70. The predicted molar refractivity (Wildman–Crippen MR) is 87.6 cm³/mol. The number of rotatable bonds is 5. The molecule has 0 saturated carbocycles. The molecule has 1 N–H and O–H groups in total. The molecule has 6 heteroatoms. The van der Waals surface area contributed by atoms with E-state index in [9.17, 15) is 9.59 Å². The summed E-state index contributed by atoms with van der Waals surface area (Å²) in [6, 6.07) is 10.3. The van der Waals surface area contributed by atoms with Crippen LogP contribution in [-0.4, -0.2) is 36.4 Å². The molecule has 24 heavy (non-hydrogen) atoms. The Morgan fingerprint density at radius 2 is 2.08 bits per heavy atom. The molecule has 2 aromatic rings. The van der Waals surface area contributed by atoms with Crippen molar-refractivity contribution >= 4 is 11.8 Å². The van der Waals surface area contributed by atoms with Gasteiger partial charge >= 0.3 is 0 Å². The van der Waals surface area contributed by atoms with Gasteiger partial charge in [-0.2, -0.15) is 0 Å². The van der Waals surface area contributed by atoms with Crippen LogP contribution in [0, 0.1) is 0 Å². The van der Waals surface area contributed by atoms with Crippen LogP contribution in [0.25, 0.3) is 0 Å². The van der Waals surface area contributed by atoms with Crippen molar-refractivity contribution in [3.05, 3.63) is 54.0 Å². The zero-order valence-electron chi connectivity index (χ0n) is 13.5. The lowest BCUT2D eigenvalue weighted by atomic mass is 10.1. The summed E-state index contributed by atoms with van der Waals surface area (Å²) >= 11 is 0. The van der Waals surface area contributed by atoms with Crippen LogP contribution in [0.15, 0.2) is 47.1 Å². The molecule has 1 unspecified atom stereocenters. The highest BCUT2D eigenvalue weighted by molar-refractivity contribution is 5.95. The number of benzene rings is 1. The van der Waals surface area contributed by atoms with Crippen molar-refractivity contribution in [3.8, 4) is 5.75 Å². The van der Waals surface area contributed by atoms with E-state index in [2.05, 4.69) is 5.32 Å². The molecule has 1 aromatic carbocycles. The second-order valence-corrected chi connectivity index (χ2v) is 5.70. The van der Waals surface area contributed by atoms with Gasteiger partial charge in [0.2, 0.25) is 5.91 Å². The third-order valence-corrected chi connectivity index (χ3v) is 4.17. The van der Waals surface area contributed by atoms with Crippen LogP contribution in [0.3, 0.4) is 0 Å². The fourth-order valence-electron chi connectivity index (χ4n) is 2.87. The lowest BCUT2D eigenvalue weighted by Crippen LogP contribution is -2.45. The van der Waals surface area contributed by atoms with Crippen LogP contribution in [0.4, 0.5) is 0 Å². The van der Waals surface area contributed by atoms with Crippen LogP contribution in [0.5, 0.6) is 5.75 Å². The van der Waals surface area contributed by atoms with Crippen LogP contribution in [0.2, 0.25) is 0 Å². The number of likely N-dealkylation sites (tertiary alicyclic amines) is 1. The summed E-state index contributed by atoms with van der Waals surface area (Å²) in [4.78, 5) is 26.5. The molecule has 1 saturated heterocycles. The Hall–Kier alpha value is -2.76. The first-order valence-electron chi connectivity index (χ1n) is 7.94. The van der Waals surface area contributed by atoms with Crippen molar-refractivity contribution in [2.45, 2.75) is 25.4 Å². The zero-order valence-corrected chi connectivity index (χ0v) is 13.5. The molecule has 0 bridgehead atoms. The predicted octanol–water partition coefficient (Wildman–Crippen LogP) is 2.21. The van der Waals surface area contributed by atoms with E-state index in [1.54, 1.807) is 24.1 Å². The Kier molecular flexibility index (Phi) is 4.84. The Labute approximate surface area is 140 Å². The van der Waals surface area contributed by atoms with Gasteiger partial charge in [0.1, 0.15) is 11.8 Å². The fourth-order valence-corrected chi connectivity index (χ4v) is 2.87. The largest absolute Gasteiger partial charge is 0.497 e. The number of furan rings is 1. The monoisotopic (exact) mass is 328 g/mol. The first-order chi connectivity index (χ1) is 11.7. The minimum absolute atomic E-state index is 0.136. The maximum Gasteiger partial charge on any atom is 0.290 e. The number of ether oxygens (including phenoxy) is 1. The average molecular weight is 328 g/mol. The standard InChI is InChI=1S/C18H20N2O4/c1-23-14-8-6-13(7-9-14)12-19-17(21)15-4-2-10-20(15)18(22)16-5-3-11-24-16/h3,5-9,11,15H,2,4,10,12H2,1H3,(H,19,21). The number of carbonyl (C=O) groups excluding carboxylic acids is 2. The maximum absolute atomic E-state index is 12.5. The molecule has 126 valence electrons. The van der Waals surface area contributed by atoms with E-state index in [0.717, 1.165) is 17.7 Å². The molecule has 0 spiro atoms. The van der Waals surface area contributed by atoms with Gasteiger partial charge in [-0.05, 0) is 42.7 Å². The second kappa shape index (κ2) is 7.21. The molecule has 6 nitrogen and oxygen atoms in total. The van der Waals surface area contributed by atoms with E-state index in [1.807, 2.05) is 24.3 Å². The summed E-state index contributed by atoms with van der Waals surface area (Å²) in [5, 5.41) is 2.90. The lowest BCUT2D eigenvalue weighted by molar-refractivity contribution is -0.125. The van der Waals surface area contributed by atoms with Crippen LogP contribution in [0.1, 0.15) is 29.0 Å². The minimum Gasteiger partial charge on any atom is -0.497 e. The van der Waals surface area contributed by atoms with Gasteiger partial charge in [0.15, 0.2) is 5.76 Å². The molecular weight excluding hydrogens is 308 g/mol. The number of hydrogen-bond acceptors (Lipinski definition) is 4. The Balaban J connectivity index is 1.60. The van der Waals surface area contributed by atoms with Gasteiger partial charge in [0.25, 0.3) is 5.91 Å². The van der Waals surface area contributed by atoms with Crippen molar-refractivity contribution in [2.24, 2.45) is 0 Å². The van der Waals surface area contributed by atoms with Crippen molar-refractivity contribution in [2.75, 3.05) is 13.7 Å². The molecule has 0 radical (unpaired) electrons. The first kappa shape index (κ1) is 16.1. The average Bonchev–Trinajstić information content (AvgIpc) is 3.31. The molecule has 1 atom stereocenters. The Morgan fingerprint density at radius 3 is 2.75 bits per heavy atom. The number of nitrogens with one attached hydrogen (secondary N) is 1. The van der Waals surface area contributed by atoms with E-state index in [1.165, 1.54) is 6.26 Å². The number of amides is 2. The highest BCUT2D eigenvalue weighted by Crippen LogP contribution is 2.21. The normalized spacial score (nSPS) is 16.9. The molecule has 2 amide bonds. The fraction of sp³-hybridized carbons (Fsp3) is 0.333. The summed E-state index contributed by atoms with van der Waals surface area (Å²) in [6.07, 6.45) is 2.94. The number of carbonyl (C=O) groups is 2. The summed E-state index contributed by atoms with van der Waals surface area (Å²) in [6.45, 7) is 0.988. The molecule has 1 aromatic heterocycles. The third-order valence-electron chi connectivity index (χ3n) is 4.17. The van der Waals surface area contributed by atoms with Crippen molar-refractivity contribution in [3.63, 3.8) is 0 Å². The molecule has 0 aliphatic carbocycles. The van der Waals surface area contributed by atoms with Crippen LogP contribution in [-0.2, 0) is 11.3 Å². The van der Waals surface area contributed by atoms with Gasteiger partial charge < -0.3 is 19.4 Å². The first-order valence-corrected chi connectivity index (χ1v) is 7.94. The lowest BCUT2D eigenvalue weighted by Gasteiger charge is -2.23. The Bertz CT molecular complexity index is 694. The summed E-state index contributed by atoms with van der Waals surface area (Å²) < 4.78 is 10.3. The smallest absolute Gasteiger partial charge is 0.290 e. The van der Waals surface area contributed by atoms with E-state index in [0.29, 0.717) is 19.5 Å². The molecule has 1 aliphatic rings. The van der Waals surface area contributed by atoms with Crippen molar-refractivity contribution in [1.29, 1.82) is 0 Å². The quantitative estimate of drug-likeness (QED) is 0.913. The molecular formula is C18H20N2O4. The van der Waals surface area contributed by atoms with Crippen LogP contribution >= 0.6 is 0 Å². The van der Waals surface area contributed by atoms with Crippen molar-refractivity contribution in [1.82, 2.24) is 10.2 Å². The summed E-state index contributed by atoms with van der Waals surface area (Å²) in [5.74, 6) is 0.672. The molecule has 1 aliphatic heterocycles.